The van der Waals surface area contributed by atoms with Crippen molar-refractivity contribution in [3.8, 4) is 22.5 Å². The summed E-state index contributed by atoms with van der Waals surface area (Å²) in [6, 6.07) is 25.0. The first kappa shape index (κ1) is 41.2. The van der Waals surface area contributed by atoms with E-state index in [0.29, 0.717) is 34.3 Å². The number of nitrogens with two attached hydrogens (primary N) is 2. The van der Waals surface area contributed by atoms with E-state index < -0.39 is 33.4 Å². The molecule has 56 heavy (non-hydrogen) atoms. The van der Waals surface area contributed by atoms with Crippen LogP contribution in [0.3, 0.4) is 0 Å². The number of carbonyl (C=O) groups excluding carboxylic acids is 3. The topological polar surface area (TPSA) is 269 Å². The summed E-state index contributed by atoms with van der Waals surface area (Å²) in [5, 5.41) is 27.5. The van der Waals surface area contributed by atoms with Gasteiger partial charge in [-0.05, 0) is 57.2 Å². The number of rotatable bonds is 8. The lowest BCUT2D eigenvalue weighted by atomic mass is 10.1. The molecule has 19 heteroatoms. The van der Waals surface area contributed by atoms with E-state index in [1.165, 1.54) is 42.6 Å². The van der Waals surface area contributed by atoms with Gasteiger partial charge in [0.2, 0.25) is 5.95 Å². The highest BCUT2D eigenvalue weighted by molar-refractivity contribution is 6.08. The van der Waals surface area contributed by atoms with E-state index in [1.807, 2.05) is 6.07 Å². The summed E-state index contributed by atoms with van der Waals surface area (Å²) in [5.41, 5.74) is 13.3. The first-order valence-corrected chi connectivity index (χ1v) is 16.3. The summed E-state index contributed by atoms with van der Waals surface area (Å²) < 4.78 is 6.52. The van der Waals surface area contributed by atoms with E-state index in [-0.39, 0.29) is 40.9 Å². The third-order valence-corrected chi connectivity index (χ3v) is 7.50. The van der Waals surface area contributed by atoms with Gasteiger partial charge in [0.15, 0.2) is 5.95 Å². The van der Waals surface area contributed by atoms with Gasteiger partial charge in [-0.1, -0.05) is 48.5 Å². The normalized spacial score (nSPS) is 10.6. The Kier molecular flexibility index (Phi) is 12.9. The Bertz CT molecular complexity index is 2420. The fourth-order valence-corrected chi connectivity index (χ4v) is 5.12. The van der Waals surface area contributed by atoms with E-state index >= 15 is 0 Å². The highest BCUT2D eigenvalue weighted by Gasteiger charge is 2.24. The number of halogens is 1. The number of para-hydroxylation sites is 2. The van der Waals surface area contributed by atoms with Crippen LogP contribution in [-0.4, -0.2) is 52.9 Å². The lowest BCUT2D eigenvalue weighted by Gasteiger charge is -2.20. The number of amides is 2. The van der Waals surface area contributed by atoms with Gasteiger partial charge in [-0.3, -0.25) is 29.8 Å². The number of benzene rings is 4. The zero-order chi connectivity index (χ0) is 39.9. The van der Waals surface area contributed by atoms with Crippen LogP contribution in [0, 0.1) is 20.2 Å². The maximum atomic E-state index is 12.6. The number of nitrogens with zero attached hydrogens (tertiary/aromatic N) is 5. The average Bonchev–Trinajstić information content (AvgIpc) is 3.76. The van der Waals surface area contributed by atoms with E-state index in [4.69, 9.17) is 16.2 Å². The summed E-state index contributed by atoms with van der Waals surface area (Å²) in [5.74, 6) is -0.939. The number of hydrogen-bond acceptors (Lipinski definition) is 12. The summed E-state index contributed by atoms with van der Waals surface area (Å²) in [6.45, 7) is 5.20. The van der Waals surface area contributed by atoms with Crippen molar-refractivity contribution in [1.29, 1.82) is 0 Å². The number of aromatic nitrogens is 4. The molecule has 0 saturated heterocycles. The number of nitrogens with one attached hydrogen (secondary N) is 3. The van der Waals surface area contributed by atoms with Crippen LogP contribution in [0.4, 0.5) is 39.4 Å². The Labute approximate surface area is 324 Å². The maximum Gasteiger partial charge on any atom is 0.421 e. The van der Waals surface area contributed by atoms with Crippen molar-refractivity contribution in [2.24, 2.45) is 0 Å². The average molecular weight is 783 g/mol. The number of nitro groups is 2. The Morgan fingerprint density at radius 1 is 0.732 bits per heavy atom. The zero-order valence-corrected chi connectivity index (χ0v) is 30.8. The molecule has 6 rings (SSSR count). The number of nitrogen functional groups attached to an aromatic ring is 2. The fraction of sp³-hybridized carbons (Fsp3) is 0.108. The van der Waals surface area contributed by atoms with Crippen molar-refractivity contribution in [3.63, 3.8) is 0 Å². The van der Waals surface area contributed by atoms with Crippen molar-refractivity contribution < 1.29 is 29.0 Å². The van der Waals surface area contributed by atoms with Gasteiger partial charge in [-0.25, -0.2) is 19.3 Å². The monoisotopic (exact) mass is 782 g/mol. The minimum absolute atomic E-state index is 0. The summed E-state index contributed by atoms with van der Waals surface area (Å²) in [4.78, 5) is 69.3. The SMILES string of the molecule is CC(C)(C)OC(=O)n1c(-c2cccc(NC(=O)c3ccccc3[N+](=O)[O-])c2)cnc1N.Cl.Nc1ncc(-c2cccc(NC(=O)c3ccccc3[N+](=O)[O-])c2)[nH]1. The van der Waals surface area contributed by atoms with E-state index in [9.17, 15) is 34.6 Å². The standard InChI is InChI=1S/C21H21N5O5.C16H13N5O3.ClH/c1-21(2,3)31-20(28)25-17(12-23-19(25)22)13-7-6-8-14(11-13)24-18(27)15-9-4-5-10-16(15)26(29)30;17-16-18-9-13(20-16)10-4-3-5-11(8-10)19-15(22)12-6-1-2-7-14(12)21(23)24;/h4-12H,1-3H3,(H2,22,23)(H,24,27);1-9H,(H,19,22)(H3,17,18,20);1H. The summed E-state index contributed by atoms with van der Waals surface area (Å²) in [6.07, 6.45) is 2.31. The van der Waals surface area contributed by atoms with Gasteiger partial charge < -0.3 is 31.8 Å². The number of hydrogen-bond donors (Lipinski definition) is 5. The zero-order valence-electron chi connectivity index (χ0n) is 30.0. The molecule has 0 saturated carbocycles. The third-order valence-electron chi connectivity index (χ3n) is 7.50. The van der Waals surface area contributed by atoms with Crippen molar-refractivity contribution in [1.82, 2.24) is 19.5 Å². The molecule has 288 valence electrons. The van der Waals surface area contributed by atoms with Gasteiger partial charge >= 0.3 is 6.09 Å². The van der Waals surface area contributed by atoms with Crippen molar-refractivity contribution >= 4 is 65.0 Å². The molecule has 2 amide bonds. The first-order chi connectivity index (χ1) is 26.1. The fourth-order valence-electron chi connectivity index (χ4n) is 5.12. The molecular weight excluding hydrogens is 748 g/mol. The largest absolute Gasteiger partial charge is 0.443 e. The minimum atomic E-state index is -0.731. The smallest absolute Gasteiger partial charge is 0.421 e. The highest BCUT2D eigenvalue weighted by atomic mass is 35.5. The Morgan fingerprint density at radius 3 is 1.71 bits per heavy atom. The molecule has 2 aromatic heterocycles. The highest BCUT2D eigenvalue weighted by Crippen LogP contribution is 2.28. The van der Waals surface area contributed by atoms with Gasteiger partial charge in [0.05, 0.1) is 33.6 Å². The molecule has 7 N–H and O–H groups in total. The van der Waals surface area contributed by atoms with Gasteiger partial charge in [-0.2, -0.15) is 0 Å². The van der Waals surface area contributed by atoms with Crippen LogP contribution in [0.5, 0.6) is 0 Å². The molecule has 0 atom stereocenters. The van der Waals surface area contributed by atoms with Crippen LogP contribution in [0.15, 0.2) is 109 Å². The van der Waals surface area contributed by atoms with Crippen LogP contribution in [-0.2, 0) is 4.74 Å². The second kappa shape index (κ2) is 17.5. The van der Waals surface area contributed by atoms with Crippen LogP contribution >= 0.6 is 12.4 Å². The number of aromatic amines is 1. The quantitative estimate of drug-likeness (QED) is 0.0751. The number of nitro benzene ring substituents is 2. The predicted molar refractivity (Wildman–Crippen MR) is 211 cm³/mol. The van der Waals surface area contributed by atoms with Gasteiger partial charge in [-0.15, -0.1) is 12.4 Å². The lowest BCUT2D eigenvalue weighted by Crippen LogP contribution is -2.28. The van der Waals surface area contributed by atoms with Crippen molar-refractivity contribution in [3.05, 3.63) is 141 Å². The molecule has 0 aliphatic carbocycles. The number of imidazole rings is 2. The number of carbonyl (C=O) groups is 3. The Morgan fingerprint density at radius 2 is 1.23 bits per heavy atom. The maximum absolute atomic E-state index is 12.6. The molecule has 0 bridgehead atoms. The van der Waals surface area contributed by atoms with Crippen LogP contribution in [0.25, 0.3) is 22.5 Å². The molecule has 0 unspecified atom stereocenters. The number of H-pyrrole nitrogens is 1. The van der Waals surface area contributed by atoms with Crippen LogP contribution in [0.2, 0.25) is 0 Å². The molecule has 0 spiro atoms. The summed E-state index contributed by atoms with van der Waals surface area (Å²) in [7, 11) is 0. The number of anilines is 4. The Balaban J connectivity index is 0.000000252. The lowest BCUT2D eigenvalue weighted by molar-refractivity contribution is -0.385. The van der Waals surface area contributed by atoms with Crippen molar-refractivity contribution in [2.75, 3.05) is 22.1 Å². The molecule has 0 radical (unpaired) electrons. The number of ether oxygens (including phenoxy) is 1. The van der Waals surface area contributed by atoms with Gasteiger partial charge in [0, 0.05) is 34.6 Å². The molecule has 6 aromatic rings. The second-order valence-corrected chi connectivity index (χ2v) is 12.6. The molecule has 0 fully saturated rings. The minimum Gasteiger partial charge on any atom is -0.443 e. The molecule has 0 aliphatic heterocycles. The third kappa shape index (κ3) is 10.1. The summed E-state index contributed by atoms with van der Waals surface area (Å²) >= 11 is 0. The van der Waals surface area contributed by atoms with E-state index in [1.54, 1.807) is 81.6 Å². The van der Waals surface area contributed by atoms with E-state index in [0.717, 1.165) is 10.1 Å². The molecule has 0 aliphatic rings. The molecular formula is C37H35ClN10O8. The van der Waals surface area contributed by atoms with Crippen molar-refractivity contribution in [2.45, 2.75) is 26.4 Å². The van der Waals surface area contributed by atoms with Gasteiger partial charge in [0.1, 0.15) is 16.7 Å². The molecule has 2 heterocycles. The predicted octanol–water partition coefficient (Wildman–Crippen LogP) is 7.32. The van der Waals surface area contributed by atoms with E-state index in [2.05, 4.69) is 25.6 Å². The second-order valence-electron chi connectivity index (χ2n) is 12.6. The Hall–Kier alpha value is -7.60. The van der Waals surface area contributed by atoms with Crippen LogP contribution in [0.1, 0.15) is 41.5 Å². The first-order valence-electron chi connectivity index (χ1n) is 16.3. The van der Waals surface area contributed by atoms with Crippen LogP contribution < -0.4 is 22.1 Å². The van der Waals surface area contributed by atoms with Gasteiger partial charge in [0.25, 0.3) is 23.2 Å². The molecule has 18 nitrogen and oxygen atoms in total. The molecule has 4 aromatic carbocycles.